The Morgan fingerprint density at radius 2 is 1.78 bits per heavy atom. The van der Waals surface area contributed by atoms with Gasteiger partial charge in [0.2, 0.25) is 11.8 Å². The highest BCUT2D eigenvalue weighted by Gasteiger charge is 2.29. The van der Waals surface area contributed by atoms with Gasteiger partial charge in [0, 0.05) is 45.1 Å². The van der Waals surface area contributed by atoms with Crippen molar-refractivity contribution in [3.63, 3.8) is 0 Å². The van der Waals surface area contributed by atoms with Crippen molar-refractivity contribution in [1.82, 2.24) is 9.80 Å². The second-order valence-corrected chi connectivity index (χ2v) is 6.05. The van der Waals surface area contributed by atoms with E-state index in [9.17, 15) is 9.59 Å². The molecule has 0 aromatic heterocycles. The molecule has 0 saturated carbocycles. The molecule has 1 saturated heterocycles. The number of nitrogens with two attached hydrogens (primary N) is 1. The monoisotopic (exact) mass is 255 g/mol. The summed E-state index contributed by atoms with van der Waals surface area (Å²) in [5.41, 5.74) is 5.39. The van der Waals surface area contributed by atoms with Crippen LogP contribution in [0.25, 0.3) is 0 Å². The Morgan fingerprint density at radius 3 is 2.17 bits per heavy atom. The first-order chi connectivity index (χ1) is 8.20. The van der Waals surface area contributed by atoms with Crippen LogP contribution in [0, 0.1) is 5.92 Å². The predicted molar refractivity (Wildman–Crippen MR) is 70.9 cm³/mol. The van der Waals surface area contributed by atoms with Gasteiger partial charge in [-0.15, -0.1) is 0 Å². The molecular formula is C13H25N3O2. The maximum absolute atomic E-state index is 12.0. The van der Waals surface area contributed by atoms with E-state index in [0.29, 0.717) is 19.5 Å². The highest BCUT2D eigenvalue weighted by atomic mass is 16.2. The Bertz CT molecular complexity index is 313. The number of amides is 2. The number of carbonyl (C=O) groups excluding carboxylic acids is 2. The normalized spacial score (nSPS) is 17.7. The van der Waals surface area contributed by atoms with Gasteiger partial charge in [0.15, 0.2) is 0 Å². The van der Waals surface area contributed by atoms with Crippen LogP contribution in [0.4, 0.5) is 0 Å². The number of nitrogens with zero attached hydrogens (tertiary/aromatic N) is 2. The molecule has 0 radical (unpaired) electrons. The van der Waals surface area contributed by atoms with Crippen LogP contribution in [0.2, 0.25) is 0 Å². The minimum absolute atomic E-state index is 0.0648. The van der Waals surface area contributed by atoms with Crippen LogP contribution in [0.5, 0.6) is 0 Å². The number of carbonyl (C=O) groups is 2. The minimum Gasteiger partial charge on any atom is -0.349 e. The molecule has 104 valence electrons. The third-order valence-electron chi connectivity index (χ3n) is 3.24. The fourth-order valence-electron chi connectivity index (χ4n) is 2.24. The average Bonchev–Trinajstić information content (AvgIpc) is 2.26. The number of hydrogen-bond acceptors (Lipinski definition) is 3. The minimum atomic E-state index is -0.465. The number of likely N-dealkylation sites (tertiary alicyclic amines) is 1. The summed E-state index contributed by atoms with van der Waals surface area (Å²) in [6.45, 7) is 5.04. The standard InChI is InChI=1S/C13H25N3O2/c1-13(2,14)9-11(17)16-7-5-10(6-8-16)12(18)15(3)4/h10H,5-9,14H2,1-4H3. The van der Waals surface area contributed by atoms with E-state index in [4.69, 9.17) is 5.73 Å². The van der Waals surface area contributed by atoms with E-state index in [2.05, 4.69) is 0 Å². The summed E-state index contributed by atoms with van der Waals surface area (Å²) in [6, 6.07) is 0. The Kier molecular flexibility index (Phi) is 4.73. The lowest BCUT2D eigenvalue weighted by Gasteiger charge is -2.33. The maximum atomic E-state index is 12.0. The highest BCUT2D eigenvalue weighted by Crippen LogP contribution is 2.20. The first kappa shape index (κ1) is 15.0. The van der Waals surface area contributed by atoms with E-state index in [1.54, 1.807) is 19.0 Å². The molecule has 0 aliphatic carbocycles. The summed E-state index contributed by atoms with van der Waals surface area (Å²) in [5, 5.41) is 0. The van der Waals surface area contributed by atoms with Crippen molar-refractivity contribution < 1.29 is 9.59 Å². The van der Waals surface area contributed by atoms with Gasteiger partial charge in [0.25, 0.3) is 0 Å². The third kappa shape index (κ3) is 4.29. The van der Waals surface area contributed by atoms with Gasteiger partial charge in [-0.3, -0.25) is 9.59 Å². The zero-order chi connectivity index (χ0) is 13.9. The zero-order valence-electron chi connectivity index (χ0n) is 11.9. The number of hydrogen-bond donors (Lipinski definition) is 1. The van der Waals surface area contributed by atoms with Crippen molar-refractivity contribution in [1.29, 1.82) is 0 Å². The molecule has 2 amide bonds. The topological polar surface area (TPSA) is 66.6 Å². The van der Waals surface area contributed by atoms with Crippen molar-refractivity contribution in [3.8, 4) is 0 Å². The second kappa shape index (κ2) is 5.69. The summed E-state index contributed by atoms with van der Waals surface area (Å²) in [5.74, 6) is 0.328. The van der Waals surface area contributed by atoms with Crippen molar-refractivity contribution in [3.05, 3.63) is 0 Å². The van der Waals surface area contributed by atoms with Gasteiger partial charge in [-0.2, -0.15) is 0 Å². The Balaban J connectivity index is 2.44. The van der Waals surface area contributed by atoms with Crippen LogP contribution in [-0.4, -0.2) is 54.3 Å². The Morgan fingerprint density at radius 1 is 1.28 bits per heavy atom. The maximum Gasteiger partial charge on any atom is 0.225 e. The summed E-state index contributed by atoms with van der Waals surface area (Å²) in [7, 11) is 3.55. The quantitative estimate of drug-likeness (QED) is 0.796. The summed E-state index contributed by atoms with van der Waals surface area (Å²) < 4.78 is 0. The van der Waals surface area contributed by atoms with Gasteiger partial charge in [-0.25, -0.2) is 0 Å². The summed E-state index contributed by atoms with van der Waals surface area (Å²) in [4.78, 5) is 27.2. The van der Waals surface area contributed by atoms with Crippen LogP contribution in [0.3, 0.4) is 0 Å². The number of rotatable bonds is 3. The molecule has 1 fully saturated rings. The van der Waals surface area contributed by atoms with Crippen LogP contribution in [-0.2, 0) is 9.59 Å². The molecule has 1 rings (SSSR count). The van der Waals surface area contributed by atoms with E-state index >= 15 is 0 Å². The van der Waals surface area contributed by atoms with Gasteiger partial charge >= 0.3 is 0 Å². The van der Waals surface area contributed by atoms with E-state index in [0.717, 1.165) is 12.8 Å². The molecule has 1 aliphatic rings. The molecule has 2 N–H and O–H groups in total. The largest absolute Gasteiger partial charge is 0.349 e. The van der Waals surface area contributed by atoms with Crippen LogP contribution < -0.4 is 5.73 Å². The van der Waals surface area contributed by atoms with Gasteiger partial charge in [-0.05, 0) is 26.7 Å². The van der Waals surface area contributed by atoms with Gasteiger partial charge < -0.3 is 15.5 Å². The van der Waals surface area contributed by atoms with E-state index in [1.807, 2.05) is 18.7 Å². The van der Waals surface area contributed by atoms with Gasteiger partial charge in [0.05, 0.1) is 0 Å². The zero-order valence-corrected chi connectivity index (χ0v) is 11.9. The predicted octanol–water partition coefficient (Wildman–Crippen LogP) is 0.441. The SMILES string of the molecule is CN(C)C(=O)C1CCN(C(=O)CC(C)(C)N)CC1. The van der Waals surface area contributed by atoms with Crippen LogP contribution in [0.15, 0.2) is 0 Å². The van der Waals surface area contributed by atoms with Gasteiger partial charge in [-0.1, -0.05) is 0 Å². The van der Waals surface area contributed by atoms with Crippen molar-refractivity contribution in [2.45, 2.75) is 38.6 Å². The first-order valence-electron chi connectivity index (χ1n) is 6.48. The third-order valence-corrected chi connectivity index (χ3v) is 3.24. The van der Waals surface area contributed by atoms with Crippen LogP contribution >= 0.6 is 0 Å². The Labute approximate surface area is 109 Å². The van der Waals surface area contributed by atoms with Crippen molar-refractivity contribution >= 4 is 11.8 Å². The lowest BCUT2D eigenvalue weighted by atomic mass is 9.94. The molecular weight excluding hydrogens is 230 g/mol. The molecule has 18 heavy (non-hydrogen) atoms. The lowest BCUT2D eigenvalue weighted by molar-refractivity contribution is -0.139. The van der Waals surface area contributed by atoms with Crippen molar-refractivity contribution in [2.75, 3.05) is 27.2 Å². The molecule has 0 unspecified atom stereocenters. The average molecular weight is 255 g/mol. The molecule has 0 spiro atoms. The van der Waals surface area contributed by atoms with E-state index in [1.165, 1.54) is 0 Å². The first-order valence-corrected chi connectivity index (χ1v) is 6.48. The highest BCUT2D eigenvalue weighted by molar-refractivity contribution is 5.80. The fraction of sp³-hybridized carbons (Fsp3) is 0.846. The molecule has 0 aromatic rings. The lowest BCUT2D eigenvalue weighted by Crippen LogP contribution is -2.46. The molecule has 0 aromatic carbocycles. The number of piperidine rings is 1. The Hall–Kier alpha value is -1.10. The molecule has 0 bridgehead atoms. The van der Waals surface area contributed by atoms with E-state index in [-0.39, 0.29) is 17.7 Å². The second-order valence-electron chi connectivity index (χ2n) is 6.05. The smallest absolute Gasteiger partial charge is 0.225 e. The van der Waals surface area contributed by atoms with E-state index < -0.39 is 5.54 Å². The molecule has 0 atom stereocenters. The molecule has 5 heteroatoms. The summed E-state index contributed by atoms with van der Waals surface area (Å²) >= 11 is 0. The molecule has 1 heterocycles. The molecule has 1 aliphatic heterocycles. The summed E-state index contributed by atoms with van der Waals surface area (Å²) in [6.07, 6.45) is 1.88. The van der Waals surface area contributed by atoms with Crippen LogP contribution in [0.1, 0.15) is 33.1 Å². The van der Waals surface area contributed by atoms with Crippen molar-refractivity contribution in [2.24, 2.45) is 11.7 Å². The van der Waals surface area contributed by atoms with Gasteiger partial charge in [0.1, 0.15) is 0 Å². The fourth-order valence-corrected chi connectivity index (χ4v) is 2.24. The molecule has 5 nitrogen and oxygen atoms in total.